The monoisotopic (exact) mass is 216 g/mol. The third-order valence-electron chi connectivity index (χ3n) is 2.37. The van der Waals surface area contributed by atoms with Gasteiger partial charge in [0, 0.05) is 12.6 Å². The SMILES string of the molecule is CC(N)CCCCN(C)CCOC(C)C. The molecule has 92 valence electrons. The van der Waals surface area contributed by atoms with Crippen LogP contribution in [-0.4, -0.2) is 43.8 Å². The van der Waals surface area contributed by atoms with E-state index in [1.54, 1.807) is 0 Å². The number of rotatable bonds is 9. The number of unbranched alkanes of at least 4 members (excludes halogenated alkanes) is 1. The molecule has 0 aliphatic heterocycles. The first-order chi connectivity index (χ1) is 7.02. The first-order valence-electron chi connectivity index (χ1n) is 6.08. The molecule has 3 nitrogen and oxygen atoms in total. The van der Waals surface area contributed by atoms with Crippen molar-refractivity contribution in [1.29, 1.82) is 0 Å². The Kier molecular flexibility index (Phi) is 9.06. The van der Waals surface area contributed by atoms with E-state index in [4.69, 9.17) is 10.5 Å². The van der Waals surface area contributed by atoms with Gasteiger partial charge in [-0.25, -0.2) is 0 Å². The molecule has 3 heteroatoms. The topological polar surface area (TPSA) is 38.5 Å². The van der Waals surface area contributed by atoms with Gasteiger partial charge in [-0.05, 0) is 47.2 Å². The lowest BCUT2D eigenvalue weighted by atomic mass is 10.1. The molecule has 2 N–H and O–H groups in total. The molecule has 0 aromatic carbocycles. The van der Waals surface area contributed by atoms with Crippen molar-refractivity contribution in [2.24, 2.45) is 5.73 Å². The predicted molar refractivity (Wildman–Crippen MR) is 66.1 cm³/mol. The molecule has 1 unspecified atom stereocenters. The minimum Gasteiger partial charge on any atom is -0.377 e. The van der Waals surface area contributed by atoms with Crippen LogP contribution >= 0.6 is 0 Å². The van der Waals surface area contributed by atoms with Gasteiger partial charge in [-0.2, -0.15) is 0 Å². The maximum absolute atomic E-state index is 5.69. The molecule has 0 radical (unpaired) electrons. The summed E-state index contributed by atoms with van der Waals surface area (Å²) in [6.45, 7) is 9.22. The number of ether oxygens (including phenoxy) is 1. The fourth-order valence-corrected chi connectivity index (χ4v) is 1.40. The Balaban J connectivity index is 3.22. The Labute approximate surface area is 95.0 Å². The van der Waals surface area contributed by atoms with Crippen molar-refractivity contribution in [3.63, 3.8) is 0 Å². The van der Waals surface area contributed by atoms with Crippen molar-refractivity contribution < 1.29 is 4.74 Å². The summed E-state index contributed by atoms with van der Waals surface area (Å²) in [6.07, 6.45) is 3.94. The lowest BCUT2D eigenvalue weighted by molar-refractivity contribution is 0.0636. The summed E-state index contributed by atoms with van der Waals surface area (Å²) in [6, 6.07) is 0.347. The minimum absolute atomic E-state index is 0.344. The summed E-state index contributed by atoms with van der Waals surface area (Å²) < 4.78 is 5.50. The van der Waals surface area contributed by atoms with Crippen LogP contribution in [-0.2, 0) is 4.74 Å². The largest absolute Gasteiger partial charge is 0.377 e. The molecule has 0 heterocycles. The molecule has 0 saturated heterocycles. The Morgan fingerprint density at radius 3 is 2.33 bits per heavy atom. The van der Waals surface area contributed by atoms with E-state index in [0.29, 0.717) is 12.1 Å². The van der Waals surface area contributed by atoms with Crippen LogP contribution in [0.15, 0.2) is 0 Å². The Morgan fingerprint density at radius 1 is 1.13 bits per heavy atom. The van der Waals surface area contributed by atoms with Gasteiger partial charge in [0.2, 0.25) is 0 Å². The first-order valence-corrected chi connectivity index (χ1v) is 6.08. The molecule has 15 heavy (non-hydrogen) atoms. The molecular formula is C12H28N2O. The predicted octanol–water partition coefficient (Wildman–Crippen LogP) is 1.86. The van der Waals surface area contributed by atoms with Crippen LogP contribution in [0.25, 0.3) is 0 Å². The zero-order chi connectivity index (χ0) is 11.7. The average Bonchev–Trinajstić information content (AvgIpc) is 2.11. The van der Waals surface area contributed by atoms with Gasteiger partial charge in [0.25, 0.3) is 0 Å². The fourth-order valence-electron chi connectivity index (χ4n) is 1.40. The van der Waals surface area contributed by atoms with E-state index in [2.05, 4.69) is 32.7 Å². The summed E-state index contributed by atoms with van der Waals surface area (Å²) in [5.41, 5.74) is 5.69. The summed E-state index contributed by atoms with van der Waals surface area (Å²) in [7, 11) is 2.15. The van der Waals surface area contributed by atoms with Crippen LogP contribution in [0.5, 0.6) is 0 Å². The van der Waals surface area contributed by atoms with Crippen molar-refractivity contribution in [3.8, 4) is 0 Å². The van der Waals surface area contributed by atoms with E-state index >= 15 is 0 Å². The van der Waals surface area contributed by atoms with Crippen LogP contribution in [0.3, 0.4) is 0 Å². The van der Waals surface area contributed by atoms with Gasteiger partial charge in [-0.3, -0.25) is 0 Å². The lowest BCUT2D eigenvalue weighted by Crippen LogP contribution is -2.25. The molecule has 0 aliphatic carbocycles. The van der Waals surface area contributed by atoms with Gasteiger partial charge in [0.1, 0.15) is 0 Å². The highest BCUT2D eigenvalue weighted by molar-refractivity contribution is 4.56. The van der Waals surface area contributed by atoms with E-state index in [1.807, 2.05) is 0 Å². The number of nitrogens with zero attached hydrogens (tertiary/aromatic N) is 1. The maximum Gasteiger partial charge on any atom is 0.0596 e. The number of hydrogen-bond donors (Lipinski definition) is 1. The molecule has 0 rings (SSSR count). The van der Waals surface area contributed by atoms with Crippen molar-refractivity contribution >= 4 is 0 Å². The molecule has 0 bridgehead atoms. The molecule has 0 aromatic heterocycles. The number of hydrogen-bond acceptors (Lipinski definition) is 3. The molecule has 0 aromatic rings. The molecule has 0 fully saturated rings. The molecule has 0 aliphatic rings. The summed E-state index contributed by atoms with van der Waals surface area (Å²) in [5, 5.41) is 0. The zero-order valence-electron chi connectivity index (χ0n) is 10.8. The van der Waals surface area contributed by atoms with Gasteiger partial charge < -0.3 is 15.4 Å². The van der Waals surface area contributed by atoms with E-state index in [9.17, 15) is 0 Å². The van der Waals surface area contributed by atoms with E-state index < -0.39 is 0 Å². The molecule has 0 spiro atoms. The average molecular weight is 216 g/mol. The Hall–Kier alpha value is -0.120. The minimum atomic E-state index is 0.344. The molecule has 0 amide bonds. The van der Waals surface area contributed by atoms with Gasteiger partial charge in [-0.15, -0.1) is 0 Å². The zero-order valence-corrected chi connectivity index (χ0v) is 10.8. The Bertz CT molecular complexity index is 138. The summed E-state index contributed by atoms with van der Waals surface area (Å²) in [4.78, 5) is 2.32. The van der Waals surface area contributed by atoms with Crippen molar-refractivity contribution in [2.75, 3.05) is 26.7 Å². The molecular weight excluding hydrogens is 188 g/mol. The molecule has 0 saturated carbocycles. The van der Waals surface area contributed by atoms with Crippen molar-refractivity contribution in [3.05, 3.63) is 0 Å². The number of nitrogens with two attached hydrogens (primary N) is 1. The second kappa shape index (κ2) is 9.13. The number of likely N-dealkylation sites (N-methyl/N-ethyl adjacent to an activating group) is 1. The first kappa shape index (κ1) is 14.9. The second-order valence-electron chi connectivity index (χ2n) is 4.70. The third-order valence-corrected chi connectivity index (χ3v) is 2.37. The highest BCUT2D eigenvalue weighted by Gasteiger charge is 2.00. The maximum atomic E-state index is 5.69. The molecule has 1 atom stereocenters. The third kappa shape index (κ3) is 11.8. The van der Waals surface area contributed by atoms with Gasteiger partial charge in [-0.1, -0.05) is 6.42 Å². The van der Waals surface area contributed by atoms with Crippen LogP contribution < -0.4 is 5.73 Å². The fraction of sp³-hybridized carbons (Fsp3) is 1.00. The van der Waals surface area contributed by atoms with Gasteiger partial charge in [0.15, 0.2) is 0 Å². The highest BCUT2D eigenvalue weighted by Crippen LogP contribution is 2.00. The highest BCUT2D eigenvalue weighted by atomic mass is 16.5. The normalized spacial score (nSPS) is 13.8. The standard InChI is InChI=1S/C12H28N2O/c1-11(2)15-10-9-14(4)8-6-5-7-12(3)13/h11-12H,5-10,13H2,1-4H3. The van der Waals surface area contributed by atoms with Crippen molar-refractivity contribution in [1.82, 2.24) is 4.90 Å². The van der Waals surface area contributed by atoms with E-state index in [1.165, 1.54) is 12.8 Å². The van der Waals surface area contributed by atoms with E-state index in [0.717, 1.165) is 26.1 Å². The van der Waals surface area contributed by atoms with Crippen LogP contribution in [0, 0.1) is 0 Å². The summed E-state index contributed by atoms with van der Waals surface area (Å²) >= 11 is 0. The van der Waals surface area contributed by atoms with Gasteiger partial charge in [0.05, 0.1) is 12.7 Å². The van der Waals surface area contributed by atoms with Crippen molar-refractivity contribution in [2.45, 2.75) is 52.2 Å². The van der Waals surface area contributed by atoms with E-state index in [-0.39, 0.29) is 0 Å². The summed E-state index contributed by atoms with van der Waals surface area (Å²) in [5.74, 6) is 0. The van der Waals surface area contributed by atoms with Crippen LogP contribution in [0.1, 0.15) is 40.0 Å². The van der Waals surface area contributed by atoms with Crippen LogP contribution in [0.2, 0.25) is 0 Å². The smallest absolute Gasteiger partial charge is 0.0596 e. The quantitative estimate of drug-likeness (QED) is 0.598. The van der Waals surface area contributed by atoms with Gasteiger partial charge >= 0.3 is 0 Å². The Morgan fingerprint density at radius 2 is 1.80 bits per heavy atom. The lowest BCUT2D eigenvalue weighted by Gasteiger charge is -2.17. The second-order valence-corrected chi connectivity index (χ2v) is 4.70. The van der Waals surface area contributed by atoms with Crippen LogP contribution in [0.4, 0.5) is 0 Å².